The zero-order valence-corrected chi connectivity index (χ0v) is 14.2. The molecule has 1 saturated heterocycles. The van der Waals surface area contributed by atoms with Gasteiger partial charge in [0.2, 0.25) is 5.91 Å². The topological polar surface area (TPSA) is 38.1 Å². The highest BCUT2D eigenvalue weighted by molar-refractivity contribution is 9.10. The monoisotopic (exact) mass is 369 g/mol. The molecular formula is C18H16BrN3O. The van der Waals surface area contributed by atoms with Gasteiger partial charge in [-0.3, -0.25) is 9.78 Å². The largest absolute Gasteiger partial charge is 0.341 e. The smallest absolute Gasteiger partial charge is 0.242 e. The van der Waals surface area contributed by atoms with Crippen molar-refractivity contribution in [2.45, 2.75) is 13.0 Å². The number of carbonyl (C=O) groups is 1. The lowest BCUT2D eigenvalue weighted by Gasteiger charge is -2.31. The lowest BCUT2D eigenvalue weighted by Crippen LogP contribution is -2.43. The van der Waals surface area contributed by atoms with Crippen molar-refractivity contribution in [1.29, 1.82) is 0 Å². The van der Waals surface area contributed by atoms with E-state index in [4.69, 9.17) is 0 Å². The standard InChI is InChI=1S/C18H16BrN3O/c19-15-11-22(12-17(23)21-7-4-8-21)16-9-14(10-20-18(15)16)13-5-2-1-3-6-13/h1-3,5-6,9-11H,4,7-8,12H2. The Morgan fingerprint density at radius 2 is 1.96 bits per heavy atom. The van der Waals surface area contributed by atoms with E-state index in [0.717, 1.165) is 46.1 Å². The summed E-state index contributed by atoms with van der Waals surface area (Å²) in [7, 11) is 0. The van der Waals surface area contributed by atoms with Crippen LogP contribution in [0, 0.1) is 0 Å². The predicted molar refractivity (Wildman–Crippen MR) is 94.1 cm³/mol. The van der Waals surface area contributed by atoms with Crippen LogP contribution in [0.1, 0.15) is 6.42 Å². The molecule has 0 N–H and O–H groups in total. The quantitative estimate of drug-likeness (QED) is 0.705. The Morgan fingerprint density at radius 3 is 2.65 bits per heavy atom. The molecule has 4 nitrogen and oxygen atoms in total. The molecule has 2 aromatic heterocycles. The number of likely N-dealkylation sites (tertiary alicyclic amines) is 1. The van der Waals surface area contributed by atoms with Crippen LogP contribution in [-0.2, 0) is 11.3 Å². The van der Waals surface area contributed by atoms with Gasteiger partial charge in [0.1, 0.15) is 12.1 Å². The van der Waals surface area contributed by atoms with E-state index < -0.39 is 0 Å². The summed E-state index contributed by atoms with van der Waals surface area (Å²) in [6, 6.07) is 12.3. The van der Waals surface area contributed by atoms with Crippen LogP contribution in [0.4, 0.5) is 0 Å². The number of nitrogens with zero attached hydrogens (tertiary/aromatic N) is 3. The first-order valence-electron chi connectivity index (χ1n) is 7.70. The van der Waals surface area contributed by atoms with E-state index in [2.05, 4.69) is 39.1 Å². The Hall–Kier alpha value is -2.14. The maximum absolute atomic E-state index is 12.3. The fraction of sp³-hybridized carbons (Fsp3) is 0.222. The van der Waals surface area contributed by atoms with Gasteiger partial charge in [-0.05, 0) is 34.0 Å². The molecule has 1 fully saturated rings. The first-order chi connectivity index (χ1) is 11.2. The predicted octanol–water partition coefficient (Wildman–Crippen LogP) is 3.70. The molecule has 0 aliphatic carbocycles. The number of halogens is 1. The second-order valence-electron chi connectivity index (χ2n) is 5.80. The lowest BCUT2D eigenvalue weighted by molar-refractivity contribution is -0.135. The number of benzene rings is 1. The molecule has 1 aliphatic rings. The molecule has 0 bridgehead atoms. The third kappa shape index (κ3) is 2.65. The van der Waals surface area contributed by atoms with E-state index in [1.807, 2.05) is 40.1 Å². The minimum Gasteiger partial charge on any atom is -0.341 e. The summed E-state index contributed by atoms with van der Waals surface area (Å²) in [6.45, 7) is 2.13. The van der Waals surface area contributed by atoms with E-state index in [1.165, 1.54) is 0 Å². The number of hydrogen-bond acceptors (Lipinski definition) is 2. The second kappa shape index (κ2) is 5.81. The summed E-state index contributed by atoms with van der Waals surface area (Å²) in [5.41, 5.74) is 4.05. The highest BCUT2D eigenvalue weighted by Crippen LogP contribution is 2.28. The molecule has 5 heteroatoms. The van der Waals surface area contributed by atoms with Crippen LogP contribution in [0.15, 0.2) is 53.3 Å². The summed E-state index contributed by atoms with van der Waals surface area (Å²) in [6.07, 6.45) is 4.94. The first-order valence-corrected chi connectivity index (χ1v) is 8.49. The Labute approximate surface area is 142 Å². The third-order valence-corrected chi connectivity index (χ3v) is 4.87. The fourth-order valence-electron chi connectivity index (χ4n) is 2.85. The summed E-state index contributed by atoms with van der Waals surface area (Å²) >= 11 is 3.55. The zero-order chi connectivity index (χ0) is 15.8. The van der Waals surface area contributed by atoms with Crippen LogP contribution in [0.2, 0.25) is 0 Å². The fourth-order valence-corrected chi connectivity index (χ4v) is 3.41. The summed E-state index contributed by atoms with van der Waals surface area (Å²) in [5, 5.41) is 0. The van der Waals surface area contributed by atoms with Gasteiger partial charge in [0.15, 0.2) is 0 Å². The Kier molecular flexibility index (Phi) is 3.65. The molecule has 4 rings (SSSR count). The maximum atomic E-state index is 12.3. The Morgan fingerprint density at radius 1 is 1.17 bits per heavy atom. The average molecular weight is 370 g/mol. The summed E-state index contributed by atoms with van der Waals surface area (Å²) in [5.74, 6) is 0.172. The second-order valence-corrected chi connectivity index (χ2v) is 6.65. The van der Waals surface area contributed by atoms with Gasteiger partial charge in [0.05, 0.1) is 9.99 Å². The number of fused-ring (bicyclic) bond motifs is 1. The van der Waals surface area contributed by atoms with Gasteiger partial charge in [-0.25, -0.2) is 0 Å². The number of aromatic nitrogens is 2. The van der Waals surface area contributed by atoms with E-state index in [0.29, 0.717) is 6.54 Å². The number of hydrogen-bond donors (Lipinski definition) is 0. The van der Waals surface area contributed by atoms with Crippen molar-refractivity contribution in [2.75, 3.05) is 13.1 Å². The number of carbonyl (C=O) groups excluding carboxylic acids is 1. The van der Waals surface area contributed by atoms with Crippen molar-refractivity contribution >= 4 is 32.9 Å². The maximum Gasteiger partial charge on any atom is 0.242 e. The molecule has 3 aromatic rings. The van der Waals surface area contributed by atoms with Crippen molar-refractivity contribution in [1.82, 2.24) is 14.5 Å². The molecule has 0 saturated carbocycles. The number of rotatable bonds is 3. The van der Waals surface area contributed by atoms with E-state index in [-0.39, 0.29) is 5.91 Å². The van der Waals surface area contributed by atoms with Crippen molar-refractivity contribution in [2.24, 2.45) is 0 Å². The molecule has 3 heterocycles. The Bertz CT molecular complexity index is 869. The van der Waals surface area contributed by atoms with E-state index in [1.54, 1.807) is 0 Å². The van der Waals surface area contributed by atoms with Gasteiger partial charge >= 0.3 is 0 Å². The van der Waals surface area contributed by atoms with Gasteiger partial charge < -0.3 is 9.47 Å². The SMILES string of the molecule is O=C(Cn1cc(Br)c2ncc(-c3ccccc3)cc21)N1CCC1. The van der Waals surface area contributed by atoms with Gasteiger partial charge in [-0.15, -0.1) is 0 Å². The normalized spacial score (nSPS) is 14.0. The van der Waals surface area contributed by atoms with Crippen molar-refractivity contribution in [3.63, 3.8) is 0 Å². The van der Waals surface area contributed by atoms with Crippen molar-refractivity contribution < 1.29 is 4.79 Å². The van der Waals surface area contributed by atoms with Crippen LogP contribution in [-0.4, -0.2) is 33.4 Å². The summed E-state index contributed by atoms with van der Waals surface area (Å²) < 4.78 is 2.91. The first kappa shape index (κ1) is 14.5. The minimum absolute atomic E-state index is 0.172. The van der Waals surface area contributed by atoms with Crippen LogP contribution in [0.3, 0.4) is 0 Å². The van der Waals surface area contributed by atoms with Crippen LogP contribution >= 0.6 is 15.9 Å². The number of amides is 1. The molecule has 1 amide bonds. The molecular weight excluding hydrogens is 354 g/mol. The molecule has 0 radical (unpaired) electrons. The van der Waals surface area contributed by atoms with Crippen LogP contribution in [0.5, 0.6) is 0 Å². The molecule has 23 heavy (non-hydrogen) atoms. The molecule has 0 spiro atoms. The highest BCUT2D eigenvalue weighted by atomic mass is 79.9. The average Bonchev–Trinajstić information content (AvgIpc) is 2.82. The highest BCUT2D eigenvalue weighted by Gasteiger charge is 2.21. The van der Waals surface area contributed by atoms with Crippen molar-refractivity contribution in [3.8, 4) is 11.1 Å². The molecule has 0 unspecified atom stereocenters. The third-order valence-electron chi connectivity index (χ3n) is 4.29. The van der Waals surface area contributed by atoms with Gasteiger partial charge in [-0.2, -0.15) is 0 Å². The molecule has 1 aromatic carbocycles. The molecule has 1 aliphatic heterocycles. The van der Waals surface area contributed by atoms with Crippen LogP contribution < -0.4 is 0 Å². The van der Waals surface area contributed by atoms with Gasteiger partial charge in [0.25, 0.3) is 0 Å². The minimum atomic E-state index is 0.172. The van der Waals surface area contributed by atoms with Gasteiger partial charge in [0, 0.05) is 31.0 Å². The van der Waals surface area contributed by atoms with E-state index in [9.17, 15) is 4.79 Å². The van der Waals surface area contributed by atoms with Crippen LogP contribution in [0.25, 0.3) is 22.2 Å². The Balaban J connectivity index is 1.74. The molecule has 116 valence electrons. The molecule has 0 atom stereocenters. The van der Waals surface area contributed by atoms with Crippen molar-refractivity contribution in [3.05, 3.63) is 53.3 Å². The summed E-state index contributed by atoms with van der Waals surface area (Å²) in [4.78, 5) is 18.7. The lowest BCUT2D eigenvalue weighted by atomic mass is 10.1. The zero-order valence-electron chi connectivity index (χ0n) is 12.6. The van der Waals surface area contributed by atoms with Gasteiger partial charge in [-0.1, -0.05) is 30.3 Å². The number of pyridine rings is 1. The van der Waals surface area contributed by atoms with E-state index >= 15 is 0 Å².